The SMILES string of the molecule is CCOc1ccc(N2C(=O)c3ccc(C(=O)Nc4cccc(N5CCCC5=O)c4)cc3C2=O)cc1. The molecule has 0 unspecified atom stereocenters. The summed E-state index contributed by atoms with van der Waals surface area (Å²) < 4.78 is 5.42. The topological polar surface area (TPSA) is 96.0 Å². The van der Waals surface area contributed by atoms with E-state index in [2.05, 4.69) is 5.32 Å². The third-order valence-electron chi connectivity index (χ3n) is 6.04. The maximum atomic E-state index is 13.1. The summed E-state index contributed by atoms with van der Waals surface area (Å²) in [5.41, 5.74) is 2.36. The van der Waals surface area contributed by atoms with Crippen LogP contribution in [0.5, 0.6) is 5.75 Å². The van der Waals surface area contributed by atoms with E-state index in [0.717, 1.165) is 17.0 Å². The van der Waals surface area contributed by atoms with Crippen molar-refractivity contribution in [1.29, 1.82) is 0 Å². The molecule has 0 saturated carbocycles. The fourth-order valence-corrected chi connectivity index (χ4v) is 4.35. The number of anilines is 3. The van der Waals surface area contributed by atoms with Gasteiger partial charge in [-0.2, -0.15) is 0 Å². The van der Waals surface area contributed by atoms with Crippen molar-refractivity contribution in [3.63, 3.8) is 0 Å². The second-order valence-corrected chi connectivity index (χ2v) is 8.29. The van der Waals surface area contributed by atoms with Gasteiger partial charge in [0.1, 0.15) is 5.75 Å². The van der Waals surface area contributed by atoms with Gasteiger partial charge in [-0.3, -0.25) is 19.2 Å². The zero-order chi connectivity index (χ0) is 24.5. The number of hydrogen-bond acceptors (Lipinski definition) is 5. The number of amides is 4. The van der Waals surface area contributed by atoms with Crippen LogP contribution >= 0.6 is 0 Å². The van der Waals surface area contributed by atoms with Crippen LogP contribution < -0.4 is 19.9 Å². The van der Waals surface area contributed by atoms with E-state index in [4.69, 9.17) is 4.74 Å². The molecule has 3 aromatic rings. The maximum absolute atomic E-state index is 13.1. The fourth-order valence-electron chi connectivity index (χ4n) is 4.35. The summed E-state index contributed by atoms with van der Waals surface area (Å²) in [7, 11) is 0. The molecule has 35 heavy (non-hydrogen) atoms. The quantitative estimate of drug-likeness (QED) is 0.544. The number of ether oxygens (including phenoxy) is 1. The summed E-state index contributed by atoms with van der Waals surface area (Å²) in [5.74, 6) is -0.641. The number of rotatable bonds is 6. The second kappa shape index (κ2) is 9.06. The average Bonchev–Trinajstić information content (AvgIpc) is 3.40. The minimum absolute atomic E-state index is 0.0624. The van der Waals surface area contributed by atoms with E-state index in [-0.39, 0.29) is 22.6 Å². The summed E-state index contributed by atoms with van der Waals surface area (Å²) in [4.78, 5) is 53.8. The van der Waals surface area contributed by atoms with Gasteiger partial charge in [-0.25, -0.2) is 4.90 Å². The Hall–Kier alpha value is -4.46. The molecule has 0 atom stereocenters. The van der Waals surface area contributed by atoms with Crippen molar-refractivity contribution in [3.05, 3.63) is 83.4 Å². The summed E-state index contributed by atoms with van der Waals surface area (Å²) in [5, 5.41) is 2.81. The molecule has 1 fully saturated rings. The number of carbonyl (C=O) groups excluding carboxylic acids is 4. The van der Waals surface area contributed by atoms with E-state index in [1.54, 1.807) is 47.4 Å². The highest BCUT2D eigenvalue weighted by atomic mass is 16.5. The van der Waals surface area contributed by atoms with Gasteiger partial charge in [0.05, 0.1) is 23.4 Å². The molecule has 5 rings (SSSR count). The molecule has 1 saturated heterocycles. The number of hydrogen-bond donors (Lipinski definition) is 1. The van der Waals surface area contributed by atoms with Crippen LogP contribution in [-0.4, -0.2) is 36.8 Å². The second-order valence-electron chi connectivity index (χ2n) is 8.29. The smallest absolute Gasteiger partial charge is 0.266 e. The van der Waals surface area contributed by atoms with Gasteiger partial charge in [-0.1, -0.05) is 6.07 Å². The lowest BCUT2D eigenvalue weighted by Gasteiger charge is -2.16. The first-order valence-electron chi connectivity index (χ1n) is 11.4. The van der Waals surface area contributed by atoms with Gasteiger partial charge in [0.15, 0.2) is 0 Å². The highest BCUT2D eigenvalue weighted by Gasteiger charge is 2.37. The molecule has 0 bridgehead atoms. The molecule has 2 aliphatic rings. The number of nitrogens with zero attached hydrogens (tertiary/aromatic N) is 2. The summed E-state index contributed by atoms with van der Waals surface area (Å²) in [6.45, 7) is 3.04. The highest BCUT2D eigenvalue weighted by molar-refractivity contribution is 6.34. The Morgan fingerprint density at radius 2 is 1.69 bits per heavy atom. The maximum Gasteiger partial charge on any atom is 0.266 e. The molecule has 2 heterocycles. The van der Waals surface area contributed by atoms with E-state index in [1.807, 2.05) is 13.0 Å². The van der Waals surface area contributed by atoms with Gasteiger partial charge >= 0.3 is 0 Å². The van der Waals surface area contributed by atoms with Crippen molar-refractivity contribution in [2.75, 3.05) is 28.3 Å². The van der Waals surface area contributed by atoms with Crippen molar-refractivity contribution in [3.8, 4) is 5.75 Å². The first kappa shape index (κ1) is 22.3. The molecule has 8 heteroatoms. The predicted octanol–water partition coefficient (Wildman–Crippen LogP) is 4.27. The first-order valence-corrected chi connectivity index (χ1v) is 11.4. The van der Waals surface area contributed by atoms with Crippen molar-refractivity contribution in [2.45, 2.75) is 19.8 Å². The van der Waals surface area contributed by atoms with Gasteiger partial charge in [-0.05, 0) is 74.0 Å². The monoisotopic (exact) mass is 469 g/mol. The zero-order valence-corrected chi connectivity index (χ0v) is 19.1. The van der Waals surface area contributed by atoms with E-state index in [1.165, 1.54) is 18.2 Å². The molecule has 0 aliphatic carbocycles. The largest absolute Gasteiger partial charge is 0.494 e. The molecule has 0 radical (unpaired) electrons. The summed E-state index contributed by atoms with van der Waals surface area (Å²) in [6, 6.07) is 18.2. The predicted molar refractivity (Wildman–Crippen MR) is 131 cm³/mol. The number of carbonyl (C=O) groups is 4. The van der Waals surface area contributed by atoms with Crippen LogP contribution in [0, 0.1) is 0 Å². The van der Waals surface area contributed by atoms with Crippen LogP contribution in [-0.2, 0) is 4.79 Å². The molecule has 3 aromatic carbocycles. The Labute approximate surface area is 202 Å². The number of fused-ring (bicyclic) bond motifs is 1. The van der Waals surface area contributed by atoms with Crippen LogP contribution in [0.2, 0.25) is 0 Å². The molecule has 4 amide bonds. The molecule has 8 nitrogen and oxygen atoms in total. The lowest BCUT2D eigenvalue weighted by molar-refractivity contribution is -0.117. The standard InChI is InChI=1S/C27H23N3O5/c1-2-35-21-11-9-19(10-12-21)30-26(33)22-13-8-17(15-23(22)27(30)34)25(32)28-18-5-3-6-20(16-18)29-14-4-7-24(29)31/h3,5-6,8-13,15-16H,2,4,7,14H2,1H3,(H,28,32). The molecule has 1 N–H and O–H groups in total. The minimum Gasteiger partial charge on any atom is -0.494 e. The van der Waals surface area contributed by atoms with Crippen molar-refractivity contribution in [1.82, 2.24) is 0 Å². The van der Waals surface area contributed by atoms with Gasteiger partial charge in [0.2, 0.25) is 5.91 Å². The van der Waals surface area contributed by atoms with Crippen molar-refractivity contribution in [2.24, 2.45) is 0 Å². The Kier molecular flexibility index (Phi) is 5.78. The summed E-state index contributed by atoms with van der Waals surface area (Å²) in [6.07, 6.45) is 1.33. The normalized spacial score (nSPS) is 14.9. The van der Waals surface area contributed by atoms with Gasteiger partial charge < -0.3 is 15.0 Å². The van der Waals surface area contributed by atoms with E-state index >= 15 is 0 Å². The van der Waals surface area contributed by atoms with Gasteiger partial charge in [-0.15, -0.1) is 0 Å². The van der Waals surface area contributed by atoms with Crippen LogP contribution in [0.1, 0.15) is 50.8 Å². The van der Waals surface area contributed by atoms with Crippen LogP contribution in [0.15, 0.2) is 66.7 Å². The molecular weight excluding hydrogens is 446 g/mol. The Morgan fingerprint density at radius 1 is 0.914 bits per heavy atom. The van der Waals surface area contributed by atoms with E-state index in [9.17, 15) is 19.2 Å². The molecule has 176 valence electrons. The highest BCUT2D eigenvalue weighted by Crippen LogP contribution is 2.31. The number of benzene rings is 3. The molecular formula is C27H23N3O5. The first-order chi connectivity index (χ1) is 17.0. The minimum atomic E-state index is -0.488. The van der Waals surface area contributed by atoms with E-state index in [0.29, 0.717) is 36.7 Å². The lowest BCUT2D eigenvalue weighted by atomic mass is 10.1. The van der Waals surface area contributed by atoms with Gasteiger partial charge in [0.25, 0.3) is 17.7 Å². The Balaban J connectivity index is 1.35. The number of imide groups is 1. The van der Waals surface area contributed by atoms with Crippen LogP contribution in [0.25, 0.3) is 0 Å². The summed E-state index contributed by atoms with van der Waals surface area (Å²) >= 11 is 0. The van der Waals surface area contributed by atoms with Crippen LogP contribution in [0.3, 0.4) is 0 Å². The molecule has 0 spiro atoms. The van der Waals surface area contributed by atoms with Gasteiger partial charge in [0, 0.05) is 29.9 Å². The number of nitrogens with one attached hydrogen (secondary N) is 1. The third-order valence-corrected chi connectivity index (χ3v) is 6.04. The average molecular weight is 469 g/mol. The van der Waals surface area contributed by atoms with E-state index < -0.39 is 17.7 Å². The van der Waals surface area contributed by atoms with Crippen LogP contribution in [0.4, 0.5) is 17.1 Å². The Bertz CT molecular complexity index is 1350. The zero-order valence-electron chi connectivity index (χ0n) is 19.1. The molecule has 2 aliphatic heterocycles. The van der Waals surface area contributed by atoms with Crippen molar-refractivity contribution >= 4 is 40.7 Å². The lowest BCUT2D eigenvalue weighted by Crippen LogP contribution is -2.29. The fraction of sp³-hybridized carbons (Fsp3) is 0.185. The molecule has 0 aromatic heterocycles. The Morgan fingerprint density at radius 3 is 2.40 bits per heavy atom. The third kappa shape index (κ3) is 4.14. The van der Waals surface area contributed by atoms with Crippen molar-refractivity contribution < 1.29 is 23.9 Å².